The lowest BCUT2D eigenvalue weighted by atomic mass is 10.4. The van der Waals surface area contributed by atoms with Gasteiger partial charge in [0.25, 0.3) is 0 Å². The van der Waals surface area contributed by atoms with E-state index in [2.05, 4.69) is 12.6 Å². The topological polar surface area (TPSA) is 26.3 Å². The van der Waals surface area contributed by atoms with Crippen molar-refractivity contribution in [3.8, 4) is 0 Å². The molecule has 0 aromatic heterocycles. The lowest BCUT2D eigenvalue weighted by Crippen LogP contribution is -2.21. The summed E-state index contributed by atoms with van der Waals surface area (Å²) in [6.45, 7) is 1.41. The van der Waals surface area contributed by atoms with Crippen LogP contribution in [0, 0.1) is 0 Å². The highest BCUT2D eigenvalue weighted by atomic mass is 32.1. The molecule has 2 aromatic rings. The highest BCUT2D eigenvalue weighted by molar-refractivity contribution is 7.94. The second-order valence-electron chi connectivity index (χ2n) is 3.98. The van der Waals surface area contributed by atoms with Gasteiger partial charge in [-0.15, -0.1) is 12.6 Å². The summed E-state index contributed by atoms with van der Waals surface area (Å²) in [7, 11) is -0.823. The molecule has 0 aliphatic rings. The highest BCUT2D eigenvalue weighted by Gasteiger charge is 2.23. The Morgan fingerprint density at radius 1 is 1.00 bits per heavy atom. The van der Waals surface area contributed by atoms with E-state index in [-0.39, 0.29) is 5.97 Å². The van der Waals surface area contributed by atoms with E-state index in [4.69, 9.17) is 4.74 Å². The van der Waals surface area contributed by atoms with Gasteiger partial charge in [-0.2, -0.15) is 0 Å². The number of carbonyl (C=O) groups is 1. The number of thiol groups is 1. The monoisotopic (exact) mass is 290 g/mol. The predicted molar refractivity (Wildman–Crippen MR) is 83.6 cm³/mol. The molecule has 0 radical (unpaired) electrons. The van der Waals surface area contributed by atoms with E-state index >= 15 is 0 Å². The average molecular weight is 290 g/mol. The number of hydrogen-bond donors (Lipinski definition) is 1. The van der Waals surface area contributed by atoms with E-state index in [1.54, 1.807) is 0 Å². The third-order valence-electron chi connectivity index (χ3n) is 2.56. The van der Waals surface area contributed by atoms with Gasteiger partial charge in [0.1, 0.15) is 0 Å². The van der Waals surface area contributed by atoms with E-state index < -0.39 is 13.1 Å². The van der Waals surface area contributed by atoms with Crippen molar-refractivity contribution in [1.82, 2.24) is 0 Å². The van der Waals surface area contributed by atoms with Crippen LogP contribution in [0.4, 0.5) is 0 Å². The van der Waals surface area contributed by atoms with Crippen LogP contribution in [0.1, 0.15) is 6.92 Å². The predicted octanol–water partition coefficient (Wildman–Crippen LogP) is 2.90. The van der Waals surface area contributed by atoms with Crippen molar-refractivity contribution in [2.75, 3.05) is 0 Å². The third-order valence-corrected chi connectivity index (χ3v) is 5.62. The quantitative estimate of drug-likeness (QED) is 0.405. The van der Waals surface area contributed by atoms with Gasteiger partial charge < -0.3 is 4.74 Å². The first-order valence-corrected chi connectivity index (χ1v) is 7.86. The molecule has 0 saturated heterocycles. The smallest absolute Gasteiger partial charge is 0.304 e. The van der Waals surface area contributed by atoms with E-state index in [9.17, 15) is 4.79 Å². The molecule has 0 saturated carbocycles. The van der Waals surface area contributed by atoms with Gasteiger partial charge in [0.05, 0.1) is 0 Å². The van der Waals surface area contributed by atoms with E-state index in [0.717, 1.165) is 10.6 Å². The Labute approximate surface area is 120 Å². The Hall–Kier alpha value is -1.31. The molecule has 0 spiro atoms. The summed E-state index contributed by atoms with van der Waals surface area (Å²) in [6.07, 6.45) is 0. The summed E-state index contributed by atoms with van der Waals surface area (Å²) in [5, 5.41) is 1.85. The molecule has 0 heterocycles. The molecule has 0 aliphatic carbocycles. The summed E-state index contributed by atoms with van der Waals surface area (Å²) in [4.78, 5) is 11.2. The second-order valence-corrected chi connectivity index (χ2v) is 7.10. The van der Waals surface area contributed by atoms with Crippen molar-refractivity contribution in [1.29, 1.82) is 0 Å². The van der Waals surface area contributed by atoms with Crippen molar-refractivity contribution >= 4 is 37.1 Å². The molecule has 19 heavy (non-hydrogen) atoms. The van der Waals surface area contributed by atoms with Crippen molar-refractivity contribution < 1.29 is 9.53 Å². The van der Waals surface area contributed by atoms with Gasteiger partial charge >= 0.3 is 5.97 Å². The standard InChI is InChI=1S/C15H15O2PS/c1-12(16)17-15(19)18(13-8-4-2-5-9-13)14-10-6-3-7-11-14/h2-11,15,19H,1H3/t15-/m0/s1. The van der Waals surface area contributed by atoms with Gasteiger partial charge in [0.2, 0.25) is 0 Å². The first kappa shape index (κ1) is 14.1. The Morgan fingerprint density at radius 3 is 1.79 bits per heavy atom. The number of esters is 1. The van der Waals surface area contributed by atoms with Crippen LogP contribution in [0.3, 0.4) is 0 Å². The van der Waals surface area contributed by atoms with Crippen molar-refractivity contribution in [3.05, 3.63) is 60.7 Å². The summed E-state index contributed by atoms with van der Waals surface area (Å²) in [5.74, 6) is -0.306. The average Bonchev–Trinajstić information content (AvgIpc) is 2.40. The van der Waals surface area contributed by atoms with Crippen LogP contribution in [0.5, 0.6) is 0 Å². The zero-order chi connectivity index (χ0) is 13.7. The molecular weight excluding hydrogens is 275 g/mol. The largest absolute Gasteiger partial charge is 0.446 e. The zero-order valence-corrected chi connectivity index (χ0v) is 12.4. The maximum atomic E-state index is 11.2. The first-order chi connectivity index (χ1) is 9.18. The number of rotatable bonds is 4. The molecule has 2 aromatic carbocycles. The summed E-state index contributed by atoms with van der Waals surface area (Å²) in [5.41, 5.74) is 0. The fraction of sp³-hybridized carbons (Fsp3) is 0.133. The molecule has 0 aliphatic heterocycles. The highest BCUT2D eigenvalue weighted by Crippen LogP contribution is 2.41. The molecular formula is C15H15O2PS. The Morgan fingerprint density at radius 2 is 1.42 bits per heavy atom. The minimum atomic E-state index is -0.823. The molecule has 2 nitrogen and oxygen atoms in total. The lowest BCUT2D eigenvalue weighted by Gasteiger charge is -2.24. The van der Waals surface area contributed by atoms with Crippen molar-refractivity contribution in [2.45, 2.75) is 12.1 Å². The number of carbonyl (C=O) groups excluding carboxylic acids is 1. The Bertz CT molecular complexity index is 491. The van der Waals surface area contributed by atoms with Crippen LogP contribution >= 0.6 is 20.6 Å². The molecule has 1 atom stereocenters. The normalized spacial score (nSPS) is 12.2. The van der Waals surface area contributed by atoms with Crippen molar-refractivity contribution in [2.24, 2.45) is 0 Å². The summed E-state index contributed by atoms with van der Waals surface area (Å²) < 4.78 is 5.28. The second kappa shape index (κ2) is 6.74. The van der Waals surface area contributed by atoms with E-state index in [0.29, 0.717) is 0 Å². The van der Waals surface area contributed by atoms with Gasteiger partial charge in [-0.3, -0.25) is 4.79 Å². The third kappa shape index (κ3) is 3.82. The SMILES string of the molecule is CC(=O)O[C@H](S)P(c1ccccc1)c1ccccc1. The van der Waals surface area contributed by atoms with Gasteiger partial charge in [0, 0.05) is 14.8 Å². The minimum Gasteiger partial charge on any atom is -0.446 e. The van der Waals surface area contributed by atoms with Crippen molar-refractivity contribution in [3.63, 3.8) is 0 Å². The van der Waals surface area contributed by atoms with Gasteiger partial charge in [0.15, 0.2) is 5.18 Å². The van der Waals surface area contributed by atoms with Crippen LogP contribution in [0.25, 0.3) is 0 Å². The minimum absolute atomic E-state index is 0.306. The summed E-state index contributed by atoms with van der Waals surface area (Å²) in [6, 6.07) is 20.1. The van der Waals surface area contributed by atoms with E-state index in [1.807, 2.05) is 60.7 Å². The Balaban J connectivity index is 2.37. The fourth-order valence-electron chi connectivity index (χ4n) is 1.78. The maximum absolute atomic E-state index is 11.2. The Kier molecular flexibility index (Phi) is 5.00. The fourth-order valence-corrected chi connectivity index (χ4v) is 4.78. The maximum Gasteiger partial charge on any atom is 0.304 e. The molecule has 0 fully saturated rings. The molecule has 0 N–H and O–H groups in total. The molecule has 4 heteroatoms. The zero-order valence-electron chi connectivity index (χ0n) is 10.6. The van der Waals surface area contributed by atoms with Gasteiger partial charge in [-0.05, 0) is 10.6 Å². The lowest BCUT2D eigenvalue weighted by molar-refractivity contribution is -0.139. The van der Waals surface area contributed by atoms with Gasteiger partial charge in [-0.1, -0.05) is 60.7 Å². The molecule has 98 valence electrons. The first-order valence-electron chi connectivity index (χ1n) is 5.93. The van der Waals surface area contributed by atoms with Gasteiger partial charge in [-0.25, -0.2) is 0 Å². The molecule has 2 rings (SSSR count). The van der Waals surface area contributed by atoms with Crippen LogP contribution in [0.2, 0.25) is 0 Å². The van der Waals surface area contributed by atoms with Crippen LogP contribution in [-0.4, -0.2) is 11.1 Å². The number of ether oxygens (including phenoxy) is 1. The molecule has 0 amide bonds. The molecule has 0 bridgehead atoms. The number of hydrogen-bond acceptors (Lipinski definition) is 3. The van der Waals surface area contributed by atoms with E-state index in [1.165, 1.54) is 6.92 Å². The van der Waals surface area contributed by atoms with Crippen LogP contribution in [0.15, 0.2) is 60.7 Å². The summed E-state index contributed by atoms with van der Waals surface area (Å²) >= 11 is 4.47. The van der Waals surface area contributed by atoms with Crippen LogP contribution in [-0.2, 0) is 9.53 Å². The van der Waals surface area contributed by atoms with Crippen LogP contribution < -0.4 is 10.6 Å². The number of benzene rings is 2. The molecule has 0 unspecified atom stereocenters.